The van der Waals surface area contributed by atoms with Gasteiger partial charge in [0, 0.05) is 31.0 Å². The van der Waals surface area contributed by atoms with Gasteiger partial charge in [0.25, 0.3) is 5.91 Å². The molecule has 1 saturated heterocycles. The Kier molecular flexibility index (Phi) is 4.32. The zero-order chi connectivity index (χ0) is 18.5. The van der Waals surface area contributed by atoms with Gasteiger partial charge in [-0.2, -0.15) is 5.10 Å². The van der Waals surface area contributed by atoms with E-state index in [0.717, 1.165) is 31.4 Å². The molecule has 6 heteroatoms. The van der Waals surface area contributed by atoms with Crippen LogP contribution in [0, 0.1) is 5.92 Å². The third-order valence-corrected chi connectivity index (χ3v) is 5.66. The molecule has 1 aromatic rings. The summed E-state index contributed by atoms with van der Waals surface area (Å²) in [4.78, 5) is 27.3. The summed E-state index contributed by atoms with van der Waals surface area (Å²) in [5.41, 5.74) is 1.53. The number of nitrogens with zero attached hydrogens (tertiary/aromatic N) is 3. The molecule has 1 aromatic heterocycles. The van der Waals surface area contributed by atoms with Crippen molar-refractivity contribution < 1.29 is 9.59 Å². The smallest absolute Gasteiger partial charge is 0.272 e. The number of likely N-dealkylation sites (tertiary alicyclic amines) is 1. The molecule has 0 bridgehead atoms. The molecule has 0 unspecified atom stereocenters. The maximum atomic E-state index is 13.2. The van der Waals surface area contributed by atoms with Gasteiger partial charge in [0.05, 0.1) is 11.2 Å². The third-order valence-electron chi connectivity index (χ3n) is 5.66. The Morgan fingerprint density at radius 1 is 1.08 bits per heavy atom. The molecule has 0 aromatic carbocycles. The van der Waals surface area contributed by atoms with E-state index in [9.17, 15) is 9.59 Å². The van der Waals surface area contributed by atoms with E-state index in [1.165, 1.54) is 12.8 Å². The van der Waals surface area contributed by atoms with Gasteiger partial charge in [0.15, 0.2) is 0 Å². The molecule has 2 aliphatic carbocycles. The fourth-order valence-corrected chi connectivity index (χ4v) is 3.70. The lowest BCUT2D eigenvalue weighted by molar-refractivity contribution is -0.126. The second-order valence-electron chi connectivity index (χ2n) is 9.16. The van der Waals surface area contributed by atoms with Crippen molar-refractivity contribution in [3.63, 3.8) is 0 Å². The average molecular weight is 358 g/mol. The predicted octanol–water partition coefficient (Wildman–Crippen LogP) is 2.65. The molecule has 142 valence electrons. The van der Waals surface area contributed by atoms with Gasteiger partial charge in [0.1, 0.15) is 5.69 Å². The first-order chi connectivity index (χ1) is 12.3. The molecule has 0 spiro atoms. The van der Waals surface area contributed by atoms with Gasteiger partial charge >= 0.3 is 0 Å². The maximum Gasteiger partial charge on any atom is 0.272 e. The van der Waals surface area contributed by atoms with Crippen molar-refractivity contribution in [3.05, 3.63) is 17.5 Å². The Labute approximate surface area is 155 Å². The van der Waals surface area contributed by atoms with Crippen molar-refractivity contribution in [1.82, 2.24) is 20.0 Å². The summed E-state index contributed by atoms with van der Waals surface area (Å²) in [7, 11) is 0. The van der Waals surface area contributed by atoms with Gasteiger partial charge < -0.3 is 10.2 Å². The predicted molar refractivity (Wildman–Crippen MR) is 99.0 cm³/mol. The highest BCUT2D eigenvalue weighted by Gasteiger charge is 2.35. The summed E-state index contributed by atoms with van der Waals surface area (Å²) in [6.45, 7) is 7.55. The van der Waals surface area contributed by atoms with Gasteiger partial charge in [-0.05, 0) is 65.4 Å². The average Bonchev–Trinajstić information content (AvgIpc) is 3.53. The molecule has 2 heterocycles. The summed E-state index contributed by atoms with van der Waals surface area (Å²) in [6, 6.07) is 2.40. The van der Waals surface area contributed by atoms with E-state index in [-0.39, 0.29) is 23.3 Å². The molecule has 26 heavy (non-hydrogen) atoms. The van der Waals surface area contributed by atoms with E-state index in [1.807, 2.05) is 15.6 Å². The SMILES string of the molecule is CC(C)(C)n1nc(C2CC2)cc1C(=O)N1CCC(C(=O)NC2CC2)CC1. The zero-order valence-corrected chi connectivity index (χ0v) is 16.1. The highest BCUT2D eigenvalue weighted by atomic mass is 16.2. The van der Waals surface area contributed by atoms with Crippen molar-refractivity contribution in [2.24, 2.45) is 5.92 Å². The fourth-order valence-electron chi connectivity index (χ4n) is 3.70. The van der Waals surface area contributed by atoms with Gasteiger partial charge in [-0.1, -0.05) is 0 Å². The number of amides is 2. The highest BCUT2D eigenvalue weighted by molar-refractivity contribution is 5.93. The van der Waals surface area contributed by atoms with Crippen LogP contribution in [0.2, 0.25) is 0 Å². The van der Waals surface area contributed by atoms with Crippen LogP contribution in [0.3, 0.4) is 0 Å². The van der Waals surface area contributed by atoms with Gasteiger partial charge in [-0.25, -0.2) is 0 Å². The Morgan fingerprint density at radius 3 is 2.27 bits per heavy atom. The molecule has 2 saturated carbocycles. The van der Waals surface area contributed by atoms with Crippen LogP contribution < -0.4 is 5.32 Å². The van der Waals surface area contributed by atoms with Crippen molar-refractivity contribution in [2.75, 3.05) is 13.1 Å². The van der Waals surface area contributed by atoms with Crippen molar-refractivity contribution in [1.29, 1.82) is 0 Å². The van der Waals surface area contributed by atoms with Crippen LogP contribution in [0.4, 0.5) is 0 Å². The van der Waals surface area contributed by atoms with E-state index in [4.69, 9.17) is 5.10 Å². The fraction of sp³-hybridized carbons (Fsp3) is 0.750. The summed E-state index contributed by atoms with van der Waals surface area (Å²) in [5.74, 6) is 0.812. The largest absolute Gasteiger partial charge is 0.353 e. The quantitative estimate of drug-likeness (QED) is 0.900. The minimum Gasteiger partial charge on any atom is -0.353 e. The number of hydrogen-bond donors (Lipinski definition) is 1. The molecule has 3 aliphatic rings. The lowest BCUT2D eigenvalue weighted by Gasteiger charge is -2.32. The molecule has 3 fully saturated rings. The van der Waals surface area contributed by atoms with Crippen LogP contribution in [0.1, 0.15) is 81.4 Å². The number of rotatable bonds is 4. The number of hydrogen-bond acceptors (Lipinski definition) is 3. The molecule has 1 N–H and O–H groups in total. The zero-order valence-electron chi connectivity index (χ0n) is 16.1. The monoisotopic (exact) mass is 358 g/mol. The number of nitrogens with one attached hydrogen (secondary N) is 1. The molecule has 0 atom stereocenters. The Hall–Kier alpha value is -1.85. The van der Waals surface area contributed by atoms with Crippen LogP contribution in [-0.2, 0) is 10.3 Å². The molecule has 1 aliphatic heterocycles. The van der Waals surface area contributed by atoms with Gasteiger partial charge in [-0.15, -0.1) is 0 Å². The lowest BCUT2D eigenvalue weighted by atomic mass is 9.95. The topological polar surface area (TPSA) is 67.2 Å². The first-order valence-corrected chi connectivity index (χ1v) is 10.0. The molecule has 0 radical (unpaired) electrons. The Balaban J connectivity index is 1.44. The summed E-state index contributed by atoms with van der Waals surface area (Å²) >= 11 is 0. The molecule has 4 rings (SSSR count). The summed E-state index contributed by atoms with van der Waals surface area (Å²) < 4.78 is 1.90. The Bertz CT molecular complexity index is 702. The van der Waals surface area contributed by atoms with Crippen molar-refractivity contribution >= 4 is 11.8 Å². The minimum atomic E-state index is -0.222. The number of piperidine rings is 1. The van der Waals surface area contributed by atoms with Gasteiger partial charge in [0.2, 0.25) is 5.91 Å². The molecular formula is C20H30N4O2. The normalized spacial score (nSPS) is 21.7. The van der Waals surface area contributed by atoms with E-state index in [2.05, 4.69) is 26.1 Å². The number of carbonyl (C=O) groups is 2. The van der Waals surface area contributed by atoms with Crippen molar-refractivity contribution in [3.8, 4) is 0 Å². The van der Waals surface area contributed by atoms with E-state index in [0.29, 0.717) is 30.7 Å². The Morgan fingerprint density at radius 2 is 1.73 bits per heavy atom. The lowest BCUT2D eigenvalue weighted by Crippen LogP contribution is -2.44. The van der Waals surface area contributed by atoms with E-state index in [1.54, 1.807) is 0 Å². The highest BCUT2D eigenvalue weighted by Crippen LogP contribution is 2.40. The minimum absolute atomic E-state index is 0.0502. The first-order valence-electron chi connectivity index (χ1n) is 10.0. The molecule has 6 nitrogen and oxygen atoms in total. The number of carbonyl (C=O) groups excluding carboxylic acids is 2. The molecule has 2 amide bonds. The van der Waals surface area contributed by atoms with Crippen LogP contribution in [0.25, 0.3) is 0 Å². The van der Waals surface area contributed by atoms with Crippen LogP contribution in [-0.4, -0.2) is 45.6 Å². The van der Waals surface area contributed by atoms with Crippen LogP contribution in [0.15, 0.2) is 6.07 Å². The van der Waals surface area contributed by atoms with Crippen molar-refractivity contribution in [2.45, 2.75) is 76.8 Å². The summed E-state index contributed by atoms with van der Waals surface area (Å²) in [5, 5.41) is 7.84. The van der Waals surface area contributed by atoms with E-state index >= 15 is 0 Å². The first kappa shape index (κ1) is 17.6. The van der Waals surface area contributed by atoms with Crippen LogP contribution in [0.5, 0.6) is 0 Å². The molecular weight excluding hydrogens is 328 g/mol. The summed E-state index contributed by atoms with van der Waals surface area (Å²) in [6.07, 6.45) is 6.09. The number of aromatic nitrogens is 2. The second kappa shape index (κ2) is 6.39. The maximum absolute atomic E-state index is 13.2. The van der Waals surface area contributed by atoms with Crippen LogP contribution >= 0.6 is 0 Å². The van der Waals surface area contributed by atoms with E-state index < -0.39 is 0 Å². The second-order valence-corrected chi connectivity index (χ2v) is 9.16. The van der Waals surface area contributed by atoms with Gasteiger partial charge in [-0.3, -0.25) is 14.3 Å². The standard InChI is InChI=1S/C20H30N4O2/c1-20(2,3)24-17(12-16(22-24)13-4-5-13)19(26)23-10-8-14(9-11-23)18(25)21-15-6-7-15/h12-15H,4-11H2,1-3H3,(H,21,25). The third kappa shape index (κ3) is 3.64.